The number of hydrogen-bond donors (Lipinski definition) is 4. The van der Waals surface area contributed by atoms with Gasteiger partial charge in [0, 0.05) is 31.4 Å². The molecular formula is C16H19FN4O3. The molecule has 1 saturated heterocycles. The topological polar surface area (TPSA) is 111 Å². The smallest absolute Gasteiger partial charge is 0.341 e. The molecule has 5 N–H and O–H groups in total. The van der Waals surface area contributed by atoms with Gasteiger partial charge in [0.25, 0.3) is 0 Å². The van der Waals surface area contributed by atoms with Gasteiger partial charge in [-0.2, -0.15) is 0 Å². The SMILES string of the molecule is C[C@@H]1CN(c2cc3[nH]cc(C(=O)O)c(=O)c3c(N)c2F)C[C@H](C)N1. The van der Waals surface area contributed by atoms with Crippen molar-refractivity contribution in [1.82, 2.24) is 10.3 Å². The zero-order valence-electron chi connectivity index (χ0n) is 13.4. The molecule has 0 spiro atoms. The first-order chi connectivity index (χ1) is 11.3. The van der Waals surface area contributed by atoms with E-state index < -0.39 is 22.8 Å². The van der Waals surface area contributed by atoms with E-state index in [1.54, 1.807) is 0 Å². The molecule has 0 aliphatic carbocycles. The Kier molecular flexibility index (Phi) is 3.92. The Hall–Kier alpha value is -2.61. The Balaban J connectivity index is 2.19. The minimum Gasteiger partial charge on any atom is -0.477 e. The first-order valence-corrected chi connectivity index (χ1v) is 7.67. The van der Waals surface area contributed by atoms with Gasteiger partial charge in [-0.3, -0.25) is 4.79 Å². The molecule has 2 atom stereocenters. The summed E-state index contributed by atoms with van der Waals surface area (Å²) in [5, 5.41) is 12.3. The van der Waals surface area contributed by atoms with Gasteiger partial charge in [0.05, 0.1) is 22.3 Å². The molecule has 0 radical (unpaired) electrons. The summed E-state index contributed by atoms with van der Waals surface area (Å²) in [4.78, 5) is 28.0. The van der Waals surface area contributed by atoms with Crippen LogP contribution in [0.15, 0.2) is 17.1 Å². The van der Waals surface area contributed by atoms with Gasteiger partial charge in [-0.25, -0.2) is 9.18 Å². The number of nitrogens with zero attached hydrogens (tertiary/aromatic N) is 1. The van der Waals surface area contributed by atoms with Gasteiger partial charge in [-0.15, -0.1) is 0 Å². The van der Waals surface area contributed by atoms with Crippen molar-refractivity contribution < 1.29 is 14.3 Å². The number of benzene rings is 1. The fourth-order valence-electron chi connectivity index (χ4n) is 3.29. The van der Waals surface area contributed by atoms with E-state index in [1.807, 2.05) is 18.7 Å². The van der Waals surface area contributed by atoms with Crippen molar-refractivity contribution in [3.63, 3.8) is 0 Å². The van der Waals surface area contributed by atoms with Crippen LogP contribution in [0.3, 0.4) is 0 Å². The number of aromatic amines is 1. The largest absolute Gasteiger partial charge is 0.477 e. The number of aromatic carboxylic acids is 1. The molecule has 0 bridgehead atoms. The molecule has 128 valence electrons. The summed E-state index contributed by atoms with van der Waals surface area (Å²) in [7, 11) is 0. The number of fused-ring (bicyclic) bond motifs is 1. The Morgan fingerprint density at radius 2 is 2.00 bits per heavy atom. The number of H-pyrrole nitrogens is 1. The zero-order chi connectivity index (χ0) is 17.6. The van der Waals surface area contributed by atoms with E-state index >= 15 is 0 Å². The van der Waals surface area contributed by atoms with Crippen molar-refractivity contribution in [2.24, 2.45) is 0 Å². The monoisotopic (exact) mass is 334 g/mol. The quantitative estimate of drug-likeness (QED) is 0.613. The molecular weight excluding hydrogens is 315 g/mol. The molecule has 1 aliphatic rings. The summed E-state index contributed by atoms with van der Waals surface area (Å²) in [5.74, 6) is -2.08. The number of halogens is 1. The number of carbonyl (C=O) groups is 1. The summed E-state index contributed by atoms with van der Waals surface area (Å²) in [6.07, 6.45) is 1.11. The van der Waals surface area contributed by atoms with Crippen molar-refractivity contribution in [3.05, 3.63) is 33.9 Å². The van der Waals surface area contributed by atoms with E-state index in [0.29, 0.717) is 24.3 Å². The molecule has 2 aromatic rings. The van der Waals surface area contributed by atoms with Crippen LogP contribution >= 0.6 is 0 Å². The molecule has 0 amide bonds. The number of nitrogens with one attached hydrogen (secondary N) is 2. The van der Waals surface area contributed by atoms with E-state index in [0.717, 1.165) is 6.20 Å². The van der Waals surface area contributed by atoms with Crippen LogP contribution in [0, 0.1) is 5.82 Å². The third-order valence-corrected chi connectivity index (χ3v) is 4.25. The number of anilines is 2. The number of carboxylic acids is 1. The standard InChI is InChI=1S/C16H19FN4O3/c1-7-5-21(6-8(2)20-7)11-3-10-12(14(18)13(11)17)15(22)9(4-19-10)16(23)24/h3-4,7-8,20H,5-6,18H2,1-2H3,(H,19,22)(H,23,24)/t7-,8+. The van der Waals surface area contributed by atoms with Crippen molar-refractivity contribution in [1.29, 1.82) is 0 Å². The molecule has 0 saturated carbocycles. The fraction of sp³-hybridized carbons (Fsp3) is 0.375. The molecule has 3 rings (SSSR count). The Morgan fingerprint density at radius 1 is 1.38 bits per heavy atom. The molecule has 0 unspecified atom stereocenters. The number of aromatic nitrogens is 1. The third-order valence-electron chi connectivity index (χ3n) is 4.25. The van der Waals surface area contributed by atoms with Gasteiger partial charge in [0.2, 0.25) is 5.43 Å². The fourth-order valence-corrected chi connectivity index (χ4v) is 3.29. The lowest BCUT2D eigenvalue weighted by Gasteiger charge is -2.38. The number of nitrogen functional groups attached to an aromatic ring is 1. The number of rotatable bonds is 2. The lowest BCUT2D eigenvalue weighted by atomic mass is 10.1. The van der Waals surface area contributed by atoms with Gasteiger partial charge in [0.1, 0.15) is 5.56 Å². The van der Waals surface area contributed by atoms with Gasteiger partial charge >= 0.3 is 5.97 Å². The predicted molar refractivity (Wildman–Crippen MR) is 90.2 cm³/mol. The minimum atomic E-state index is -1.38. The number of hydrogen-bond acceptors (Lipinski definition) is 5. The highest BCUT2D eigenvalue weighted by Crippen LogP contribution is 2.31. The van der Waals surface area contributed by atoms with Crippen molar-refractivity contribution in [2.45, 2.75) is 25.9 Å². The highest BCUT2D eigenvalue weighted by atomic mass is 19.1. The second kappa shape index (κ2) is 5.79. The summed E-state index contributed by atoms with van der Waals surface area (Å²) >= 11 is 0. The van der Waals surface area contributed by atoms with E-state index in [1.165, 1.54) is 6.07 Å². The van der Waals surface area contributed by atoms with E-state index in [2.05, 4.69) is 10.3 Å². The van der Waals surface area contributed by atoms with Crippen molar-refractivity contribution in [2.75, 3.05) is 23.7 Å². The maximum absolute atomic E-state index is 14.8. The van der Waals surface area contributed by atoms with Crippen LogP contribution in [0.2, 0.25) is 0 Å². The Bertz CT molecular complexity index is 870. The summed E-state index contributed by atoms with van der Waals surface area (Å²) in [6.45, 7) is 5.21. The van der Waals surface area contributed by atoms with Crippen LogP contribution in [-0.4, -0.2) is 41.2 Å². The molecule has 1 aromatic carbocycles. The second-order valence-electron chi connectivity index (χ2n) is 6.26. The Labute approximate surface area is 137 Å². The number of piperazine rings is 1. The molecule has 1 aliphatic heterocycles. The number of nitrogens with two attached hydrogens (primary N) is 1. The maximum Gasteiger partial charge on any atom is 0.341 e. The molecule has 8 heteroatoms. The highest BCUT2D eigenvalue weighted by Gasteiger charge is 2.26. The van der Waals surface area contributed by atoms with Crippen molar-refractivity contribution in [3.8, 4) is 0 Å². The van der Waals surface area contributed by atoms with Gasteiger partial charge < -0.3 is 26.0 Å². The van der Waals surface area contributed by atoms with Gasteiger partial charge in [-0.05, 0) is 19.9 Å². The lowest BCUT2D eigenvalue weighted by molar-refractivity contribution is 0.0695. The van der Waals surface area contributed by atoms with Crippen molar-refractivity contribution >= 4 is 28.2 Å². The molecule has 24 heavy (non-hydrogen) atoms. The zero-order valence-corrected chi connectivity index (χ0v) is 13.4. The van der Waals surface area contributed by atoms with Gasteiger partial charge in [0.15, 0.2) is 5.82 Å². The van der Waals surface area contributed by atoms with Crippen LogP contribution in [0.4, 0.5) is 15.8 Å². The Morgan fingerprint density at radius 3 is 2.58 bits per heavy atom. The van der Waals surface area contributed by atoms with Crippen LogP contribution in [-0.2, 0) is 0 Å². The minimum absolute atomic E-state index is 0.132. The van der Waals surface area contributed by atoms with Crippen LogP contribution in [0.5, 0.6) is 0 Å². The second-order valence-corrected chi connectivity index (χ2v) is 6.26. The van der Waals surface area contributed by atoms with E-state index in [9.17, 15) is 14.0 Å². The lowest BCUT2D eigenvalue weighted by Crippen LogP contribution is -2.54. The molecule has 2 heterocycles. The average molecular weight is 334 g/mol. The first kappa shape index (κ1) is 16.3. The molecule has 1 fully saturated rings. The normalized spacial score (nSPS) is 21.2. The summed E-state index contributed by atoms with van der Waals surface area (Å²) in [5.41, 5.74) is 4.87. The first-order valence-electron chi connectivity index (χ1n) is 7.67. The van der Waals surface area contributed by atoms with E-state index in [4.69, 9.17) is 10.8 Å². The predicted octanol–water partition coefficient (Wildman–Crippen LogP) is 1.13. The number of pyridine rings is 1. The van der Waals surface area contributed by atoms with Crippen LogP contribution in [0.25, 0.3) is 10.9 Å². The summed E-state index contributed by atoms with van der Waals surface area (Å²) < 4.78 is 14.8. The van der Waals surface area contributed by atoms with Crippen LogP contribution < -0.4 is 21.4 Å². The number of carboxylic acid groups (broad SMARTS) is 1. The maximum atomic E-state index is 14.8. The highest BCUT2D eigenvalue weighted by molar-refractivity contribution is 5.98. The summed E-state index contributed by atoms with van der Waals surface area (Å²) in [6, 6.07) is 1.87. The van der Waals surface area contributed by atoms with Gasteiger partial charge in [-0.1, -0.05) is 0 Å². The third kappa shape index (κ3) is 2.58. The molecule has 7 nitrogen and oxygen atoms in total. The average Bonchev–Trinajstić information content (AvgIpc) is 2.49. The van der Waals surface area contributed by atoms with Crippen LogP contribution in [0.1, 0.15) is 24.2 Å². The van der Waals surface area contributed by atoms with E-state index in [-0.39, 0.29) is 23.2 Å². The molecule has 1 aromatic heterocycles.